The number of aliphatic hydroxyl groups is 1. The van der Waals surface area contributed by atoms with Gasteiger partial charge in [0.2, 0.25) is 0 Å². The van der Waals surface area contributed by atoms with E-state index in [0.717, 1.165) is 43.4 Å². The summed E-state index contributed by atoms with van der Waals surface area (Å²) in [6, 6.07) is 16.7. The second-order valence-corrected chi connectivity index (χ2v) is 7.06. The maximum Gasteiger partial charge on any atom is 0.251 e. The molecule has 0 aliphatic heterocycles. The van der Waals surface area contributed by atoms with Gasteiger partial charge in [-0.1, -0.05) is 36.8 Å². The fourth-order valence-corrected chi connectivity index (χ4v) is 3.51. The van der Waals surface area contributed by atoms with E-state index in [4.69, 9.17) is 10.5 Å². The Labute approximate surface area is 160 Å². The van der Waals surface area contributed by atoms with Gasteiger partial charge in [-0.3, -0.25) is 4.79 Å². The number of rotatable bonds is 6. The van der Waals surface area contributed by atoms with Crippen LogP contribution in [0.2, 0.25) is 0 Å². The first kappa shape index (κ1) is 19.4. The van der Waals surface area contributed by atoms with Gasteiger partial charge in [-0.2, -0.15) is 0 Å². The van der Waals surface area contributed by atoms with Crippen molar-refractivity contribution < 1.29 is 14.6 Å². The number of hydrogen-bond acceptors (Lipinski definition) is 4. The highest BCUT2D eigenvalue weighted by atomic mass is 16.5. The number of amides is 1. The van der Waals surface area contributed by atoms with Gasteiger partial charge in [0.15, 0.2) is 0 Å². The molecule has 1 aliphatic carbocycles. The van der Waals surface area contributed by atoms with Crippen molar-refractivity contribution in [2.24, 2.45) is 5.73 Å². The summed E-state index contributed by atoms with van der Waals surface area (Å²) >= 11 is 0. The van der Waals surface area contributed by atoms with Crippen LogP contribution in [0.4, 0.5) is 0 Å². The van der Waals surface area contributed by atoms with Gasteiger partial charge >= 0.3 is 0 Å². The first-order valence-corrected chi connectivity index (χ1v) is 9.67. The largest absolute Gasteiger partial charge is 0.488 e. The smallest absolute Gasteiger partial charge is 0.251 e. The van der Waals surface area contributed by atoms with Crippen LogP contribution < -0.4 is 15.8 Å². The predicted octanol–water partition coefficient (Wildman–Crippen LogP) is 2.67. The summed E-state index contributed by atoms with van der Waals surface area (Å²) in [6.45, 7) is 0.586. The molecule has 4 N–H and O–H groups in total. The molecule has 0 radical (unpaired) electrons. The summed E-state index contributed by atoms with van der Waals surface area (Å²) in [5.74, 6) is 0.572. The molecule has 2 aromatic rings. The zero-order valence-electron chi connectivity index (χ0n) is 15.5. The molecular formula is C22H28N2O3. The standard InChI is InChI=1S/C22H28N2O3/c23-15-14-16-10-12-17(13-11-16)22(26)24-19-8-4-5-9-20(21(19)25)27-18-6-2-1-3-7-18/h1-3,6-7,10-13,19-21,25H,4-5,8-9,14-15,23H2,(H,24,26)/t19-,20-,21-/m1/s1. The van der Waals surface area contributed by atoms with Crippen molar-refractivity contribution >= 4 is 5.91 Å². The van der Waals surface area contributed by atoms with Crippen molar-refractivity contribution in [1.82, 2.24) is 5.32 Å². The summed E-state index contributed by atoms with van der Waals surface area (Å²) in [5, 5.41) is 13.8. The second-order valence-electron chi connectivity index (χ2n) is 7.06. The van der Waals surface area contributed by atoms with Crippen LogP contribution in [0.5, 0.6) is 5.75 Å². The minimum Gasteiger partial charge on any atom is -0.488 e. The quantitative estimate of drug-likeness (QED) is 0.685. The van der Waals surface area contributed by atoms with Crippen LogP contribution in [0, 0.1) is 0 Å². The van der Waals surface area contributed by atoms with E-state index < -0.39 is 6.10 Å². The average molecular weight is 368 g/mol. The summed E-state index contributed by atoms with van der Waals surface area (Å²) in [4.78, 5) is 12.6. The van der Waals surface area contributed by atoms with Crippen LogP contribution >= 0.6 is 0 Å². The van der Waals surface area contributed by atoms with Crippen LogP contribution in [0.3, 0.4) is 0 Å². The number of nitrogens with one attached hydrogen (secondary N) is 1. The molecule has 0 saturated heterocycles. The van der Waals surface area contributed by atoms with E-state index in [0.29, 0.717) is 12.1 Å². The lowest BCUT2D eigenvalue weighted by molar-refractivity contribution is 0.0129. The zero-order chi connectivity index (χ0) is 19.1. The summed E-state index contributed by atoms with van der Waals surface area (Å²) in [7, 11) is 0. The summed E-state index contributed by atoms with van der Waals surface area (Å²) in [6.07, 6.45) is 3.16. The third kappa shape index (κ3) is 5.31. The normalized spacial score (nSPS) is 22.7. The van der Waals surface area contributed by atoms with E-state index in [2.05, 4.69) is 5.32 Å². The van der Waals surface area contributed by atoms with Crippen molar-refractivity contribution in [2.45, 2.75) is 50.4 Å². The van der Waals surface area contributed by atoms with Crippen molar-refractivity contribution in [3.63, 3.8) is 0 Å². The molecule has 0 bridgehead atoms. The van der Waals surface area contributed by atoms with Crippen LogP contribution in [0.1, 0.15) is 41.6 Å². The van der Waals surface area contributed by atoms with E-state index in [1.54, 1.807) is 12.1 Å². The fraction of sp³-hybridized carbons (Fsp3) is 0.409. The van der Waals surface area contributed by atoms with Gasteiger partial charge in [0.05, 0.1) is 6.04 Å². The van der Waals surface area contributed by atoms with Gasteiger partial charge in [-0.15, -0.1) is 0 Å². The van der Waals surface area contributed by atoms with Crippen molar-refractivity contribution in [2.75, 3.05) is 6.54 Å². The van der Waals surface area contributed by atoms with Crippen LogP contribution in [-0.4, -0.2) is 35.8 Å². The van der Waals surface area contributed by atoms with E-state index >= 15 is 0 Å². The molecule has 144 valence electrons. The first-order valence-electron chi connectivity index (χ1n) is 9.67. The Morgan fingerprint density at radius 1 is 1.07 bits per heavy atom. The SMILES string of the molecule is NCCc1ccc(C(=O)N[C@@H]2CCCC[C@@H](Oc3ccccc3)[C@@H]2O)cc1. The molecule has 1 aliphatic rings. The number of nitrogens with two attached hydrogens (primary N) is 1. The maximum atomic E-state index is 12.6. The lowest BCUT2D eigenvalue weighted by atomic mass is 10.0. The molecule has 0 heterocycles. The average Bonchev–Trinajstić information content (AvgIpc) is 2.86. The van der Waals surface area contributed by atoms with E-state index in [9.17, 15) is 9.90 Å². The van der Waals surface area contributed by atoms with Gasteiger partial charge in [0, 0.05) is 5.56 Å². The fourth-order valence-electron chi connectivity index (χ4n) is 3.51. The summed E-state index contributed by atoms with van der Waals surface area (Å²) < 4.78 is 5.99. The second kappa shape index (κ2) is 9.53. The number of ether oxygens (including phenoxy) is 1. The molecule has 0 aromatic heterocycles. The van der Waals surface area contributed by atoms with E-state index in [1.807, 2.05) is 42.5 Å². The Kier molecular flexibility index (Phi) is 6.85. The number of benzene rings is 2. The molecule has 1 amide bonds. The highest BCUT2D eigenvalue weighted by molar-refractivity contribution is 5.94. The number of hydrogen-bond donors (Lipinski definition) is 3. The molecule has 5 heteroatoms. The molecule has 3 rings (SSSR count). The molecule has 3 atom stereocenters. The molecule has 5 nitrogen and oxygen atoms in total. The van der Waals surface area contributed by atoms with Gasteiger partial charge in [0.25, 0.3) is 5.91 Å². The zero-order valence-corrected chi connectivity index (χ0v) is 15.5. The maximum absolute atomic E-state index is 12.6. The first-order chi connectivity index (χ1) is 13.2. The number of para-hydroxylation sites is 1. The molecule has 1 saturated carbocycles. The van der Waals surface area contributed by atoms with Crippen molar-refractivity contribution in [1.29, 1.82) is 0 Å². The lowest BCUT2D eigenvalue weighted by Crippen LogP contribution is -2.49. The Morgan fingerprint density at radius 3 is 2.48 bits per heavy atom. The van der Waals surface area contributed by atoms with E-state index in [1.165, 1.54) is 0 Å². The Balaban J connectivity index is 1.64. The Hall–Kier alpha value is -2.37. The minimum atomic E-state index is -0.742. The third-order valence-corrected chi connectivity index (χ3v) is 5.04. The molecule has 27 heavy (non-hydrogen) atoms. The van der Waals surface area contributed by atoms with E-state index in [-0.39, 0.29) is 18.1 Å². The highest BCUT2D eigenvalue weighted by Gasteiger charge is 2.32. The molecule has 1 fully saturated rings. The van der Waals surface area contributed by atoms with Crippen LogP contribution in [-0.2, 0) is 6.42 Å². The monoisotopic (exact) mass is 368 g/mol. The van der Waals surface area contributed by atoms with Gasteiger partial charge in [-0.05, 0) is 62.1 Å². The molecule has 0 spiro atoms. The van der Waals surface area contributed by atoms with Crippen molar-refractivity contribution in [3.05, 3.63) is 65.7 Å². The lowest BCUT2D eigenvalue weighted by Gasteiger charge is -2.28. The molecular weight excluding hydrogens is 340 g/mol. The van der Waals surface area contributed by atoms with Crippen molar-refractivity contribution in [3.8, 4) is 5.75 Å². The Bertz CT molecular complexity index is 718. The van der Waals surface area contributed by atoms with Crippen LogP contribution in [0.15, 0.2) is 54.6 Å². The highest BCUT2D eigenvalue weighted by Crippen LogP contribution is 2.24. The topological polar surface area (TPSA) is 84.6 Å². The van der Waals surface area contributed by atoms with Gasteiger partial charge < -0.3 is 20.9 Å². The number of aliphatic hydroxyl groups excluding tert-OH is 1. The summed E-state index contributed by atoms with van der Waals surface area (Å²) in [5.41, 5.74) is 7.26. The number of carbonyl (C=O) groups is 1. The Morgan fingerprint density at radius 2 is 1.78 bits per heavy atom. The van der Waals surface area contributed by atoms with Gasteiger partial charge in [0.1, 0.15) is 18.0 Å². The molecule has 2 aromatic carbocycles. The van der Waals surface area contributed by atoms with Gasteiger partial charge in [-0.25, -0.2) is 0 Å². The third-order valence-electron chi connectivity index (χ3n) is 5.04. The molecule has 0 unspecified atom stereocenters. The van der Waals surface area contributed by atoms with Crippen LogP contribution in [0.25, 0.3) is 0 Å². The number of carbonyl (C=O) groups excluding carboxylic acids is 1. The predicted molar refractivity (Wildman–Crippen MR) is 106 cm³/mol. The minimum absolute atomic E-state index is 0.168.